The van der Waals surface area contributed by atoms with Gasteiger partial charge in [0.15, 0.2) is 5.65 Å². The van der Waals surface area contributed by atoms with Gasteiger partial charge in [-0.3, -0.25) is 9.48 Å². The number of hydrogen-bond donors (Lipinski definition) is 2. The fraction of sp³-hybridized carbons (Fsp3) is 0.409. The van der Waals surface area contributed by atoms with E-state index in [4.69, 9.17) is 9.72 Å². The number of nitrogens with one attached hydrogen (secondary N) is 2. The molecule has 1 aliphatic rings. The molecule has 1 amide bonds. The van der Waals surface area contributed by atoms with E-state index >= 15 is 0 Å². The van der Waals surface area contributed by atoms with Crippen molar-refractivity contribution in [3.8, 4) is 5.69 Å². The van der Waals surface area contributed by atoms with Gasteiger partial charge >= 0.3 is 0 Å². The van der Waals surface area contributed by atoms with Gasteiger partial charge < -0.3 is 15.4 Å². The Morgan fingerprint density at radius 2 is 2.18 bits per heavy atom. The van der Waals surface area contributed by atoms with Crippen LogP contribution in [0.5, 0.6) is 0 Å². The van der Waals surface area contributed by atoms with Gasteiger partial charge in [-0.2, -0.15) is 15.2 Å². The third kappa shape index (κ3) is 4.30. The van der Waals surface area contributed by atoms with Crippen LogP contribution in [0.3, 0.4) is 0 Å². The predicted molar refractivity (Wildman–Crippen MR) is 128 cm³/mol. The van der Waals surface area contributed by atoms with Crippen molar-refractivity contribution in [1.82, 2.24) is 34.8 Å². The van der Waals surface area contributed by atoms with Crippen LogP contribution >= 0.6 is 15.9 Å². The monoisotopic (exact) mass is 512 g/mol. The Morgan fingerprint density at radius 1 is 1.30 bits per heavy atom. The summed E-state index contributed by atoms with van der Waals surface area (Å²) in [7, 11) is 3.54. The number of rotatable bonds is 7. The molecule has 2 N–H and O–H groups in total. The van der Waals surface area contributed by atoms with Crippen molar-refractivity contribution in [2.45, 2.75) is 25.3 Å². The predicted octanol–water partition coefficient (Wildman–Crippen LogP) is 2.81. The Hall–Kier alpha value is -3.05. The zero-order valence-electron chi connectivity index (χ0n) is 18.5. The lowest BCUT2D eigenvalue weighted by Gasteiger charge is -2.14. The highest BCUT2D eigenvalue weighted by molar-refractivity contribution is 9.10. The summed E-state index contributed by atoms with van der Waals surface area (Å²) < 4.78 is 9.32. The third-order valence-electron chi connectivity index (χ3n) is 6.10. The Balaban J connectivity index is 1.36. The first-order valence-corrected chi connectivity index (χ1v) is 11.7. The highest BCUT2D eigenvalue weighted by atomic mass is 79.9. The van der Waals surface area contributed by atoms with Gasteiger partial charge in [0, 0.05) is 44.2 Å². The van der Waals surface area contributed by atoms with Crippen LogP contribution in [0.25, 0.3) is 27.6 Å². The van der Waals surface area contributed by atoms with E-state index in [-0.39, 0.29) is 17.9 Å². The lowest BCUT2D eigenvalue weighted by atomic mass is 10.1. The SMILES string of the molecule is COCCNC(=O)[C@@H]1CC[C@@H](Nc2ncc3c(Br)nn(-c4ccc5cnn(C)c5c4)c3n2)C1. The number of amides is 1. The summed E-state index contributed by atoms with van der Waals surface area (Å²) in [6, 6.07) is 6.21. The highest BCUT2D eigenvalue weighted by Crippen LogP contribution is 2.30. The number of halogens is 1. The van der Waals surface area contributed by atoms with Crippen molar-refractivity contribution >= 4 is 49.7 Å². The number of aryl methyl sites for hydroxylation is 1. The van der Waals surface area contributed by atoms with Gasteiger partial charge in [0.1, 0.15) is 4.60 Å². The topological polar surface area (TPSA) is 112 Å². The summed E-state index contributed by atoms with van der Waals surface area (Å²) in [5.74, 6) is 0.608. The van der Waals surface area contributed by atoms with Crippen LogP contribution in [-0.4, -0.2) is 61.7 Å². The number of carbonyl (C=O) groups excluding carboxylic acids is 1. The number of carbonyl (C=O) groups is 1. The smallest absolute Gasteiger partial charge is 0.224 e. The number of aromatic nitrogens is 6. The van der Waals surface area contributed by atoms with Gasteiger partial charge in [0.25, 0.3) is 0 Å². The summed E-state index contributed by atoms with van der Waals surface area (Å²) >= 11 is 3.53. The third-order valence-corrected chi connectivity index (χ3v) is 6.68. The molecule has 0 spiro atoms. The molecule has 1 aliphatic carbocycles. The molecule has 0 radical (unpaired) electrons. The number of hydrogen-bond acceptors (Lipinski definition) is 7. The fourth-order valence-electron chi connectivity index (χ4n) is 4.34. The molecule has 0 saturated heterocycles. The van der Waals surface area contributed by atoms with E-state index in [1.807, 2.05) is 36.1 Å². The maximum absolute atomic E-state index is 12.3. The summed E-state index contributed by atoms with van der Waals surface area (Å²) in [6.07, 6.45) is 6.09. The molecule has 3 heterocycles. The van der Waals surface area contributed by atoms with E-state index in [9.17, 15) is 4.79 Å². The van der Waals surface area contributed by atoms with Crippen LogP contribution < -0.4 is 10.6 Å². The largest absolute Gasteiger partial charge is 0.383 e. The van der Waals surface area contributed by atoms with E-state index in [1.165, 1.54) is 0 Å². The fourth-order valence-corrected chi connectivity index (χ4v) is 4.77. The molecular weight excluding hydrogens is 488 g/mol. The molecule has 5 rings (SSSR count). The van der Waals surface area contributed by atoms with Gasteiger partial charge in [-0.25, -0.2) is 9.67 Å². The van der Waals surface area contributed by atoms with Crippen LogP contribution in [0.1, 0.15) is 19.3 Å². The van der Waals surface area contributed by atoms with E-state index < -0.39 is 0 Å². The zero-order chi connectivity index (χ0) is 22.9. The minimum absolute atomic E-state index is 0.00613. The first-order chi connectivity index (χ1) is 16.0. The molecular formula is C22H25BrN8O2. The number of benzene rings is 1. The molecule has 1 saturated carbocycles. The maximum Gasteiger partial charge on any atom is 0.224 e. The Bertz CT molecular complexity index is 1320. The van der Waals surface area contributed by atoms with Crippen molar-refractivity contribution in [3.63, 3.8) is 0 Å². The molecule has 11 heteroatoms. The highest BCUT2D eigenvalue weighted by Gasteiger charge is 2.30. The Kier molecular flexibility index (Phi) is 5.98. The maximum atomic E-state index is 12.3. The number of ether oxygens (including phenoxy) is 1. The molecule has 1 fully saturated rings. The van der Waals surface area contributed by atoms with Gasteiger partial charge in [-0.15, -0.1) is 0 Å². The second-order valence-electron chi connectivity index (χ2n) is 8.28. The molecule has 0 bridgehead atoms. The van der Waals surface area contributed by atoms with Crippen molar-refractivity contribution in [3.05, 3.63) is 35.2 Å². The lowest BCUT2D eigenvalue weighted by molar-refractivity contribution is -0.125. The van der Waals surface area contributed by atoms with E-state index in [0.29, 0.717) is 29.4 Å². The van der Waals surface area contributed by atoms with Crippen LogP contribution in [0.2, 0.25) is 0 Å². The van der Waals surface area contributed by atoms with Crippen LogP contribution in [0.4, 0.5) is 5.95 Å². The lowest BCUT2D eigenvalue weighted by Crippen LogP contribution is -2.32. The van der Waals surface area contributed by atoms with E-state index in [2.05, 4.69) is 41.7 Å². The molecule has 10 nitrogen and oxygen atoms in total. The first-order valence-electron chi connectivity index (χ1n) is 10.9. The van der Waals surface area contributed by atoms with Crippen molar-refractivity contribution in [1.29, 1.82) is 0 Å². The standard InChI is InChI=1S/C22H25BrN8O2/c1-30-18-10-16(6-4-14(18)11-26-30)31-20-17(19(23)29-31)12-25-22(28-20)27-15-5-3-13(9-15)21(32)24-7-8-33-2/h4,6,10-13,15H,3,5,7-9H2,1-2H3,(H,24,32)(H,25,27,28)/t13-,15-/m1/s1. The second kappa shape index (κ2) is 9.06. The number of nitrogens with zero attached hydrogens (tertiary/aromatic N) is 6. The molecule has 2 atom stereocenters. The van der Waals surface area contributed by atoms with Crippen molar-refractivity contribution in [2.24, 2.45) is 13.0 Å². The summed E-state index contributed by atoms with van der Waals surface area (Å²) in [6.45, 7) is 1.05. The van der Waals surface area contributed by atoms with Crippen LogP contribution in [-0.2, 0) is 16.6 Å². The number of methoxy groups -OCH3 is 1. The average Bonchev–Trinajstić information content (AvgIpc) is 3.52. The zero-order valence-corrected chi connectivity index (χ0v) is 20.0. The second-order valence-corrected chi connectivity index (χ2v) is 9.03. The molecule has 1 aromatic carbocycles. The molecule has 33 heavy (non-hydrogen) atoms. The summed E-state index contributed by atoms with van der Waals surface area (Å²) in [4.78, 5) is 21.6. The molecule has 0 aliphatic heterocycles. The van der Waals surface area contributed by atoms with E-state index in [0.717, 1.165) is 41.2 Å². The minimum Gasteiger partial charge on any atom is -0.383 e. The van der Waals surface area contributed by atoms with Crippen molar-refractivity contribution in [2.75, 3.05) is 25.6 Å². The van der Waals surface area contributed by atoms with Gasteiger partial charge in [-0.05, 0) is 53.4 Å². The van der Waals surface area contributed by atoms with Crippen LogP contribution in [0.15, 0.2) is 35.2 Å². The normalized spacial score (nSPS) is 18.3. The first kappa shape index (κ1) is 21.8. The van der Waals surface area contributed by atoms with Gasteiger partial charge in [0.2, 0.25) is 11.9 Å². The summed E-state index contributed by atoms with van der Waals surface area (Å²) in [5.41, 5.74) is 2.60. The molecule has 0 unspecified atom stereocenters. The molecule has 4 aromatic rings. The molecule has 172 valence electrons. The Labute approximate surface area is 198 Å². The number of fused-ring (bicyclic) bond motifs is 2. The van der Waals surface area contributed by atoms with Gasteiger partial charge in [0.05, 0.1) is 29.4 Å². The average molecular weight is 513 g/mol. The number of anilines is 1. The van der Waals surface area contributed by atoms with Crippen LogP contribution in [0, 0.1) is 5.92 Å². The molecule has 3 aromatic heterocycles. The minimum atomic E-state index is -0.00613. The summed E-state index contributed by atoms with van der Waals surface area (Å²) in [5, 5.41) is 17.2. The van der Waals surface area contributed by atoms with Gasteiger partial charge in [-0.1, -0.05) is 0 Å². The quantitative estimate of drug-likeness (QED) is 0.366. The van der Waals surface area contributed by atoms with Crippen molar-refractivity contribution < 1.29 is 9.53 Å². The van der Waals surface area contributed by atoms with E-state index in [1.54, 1.807) is 18.0 Å². The Morgan fingerprint density at radius 3 is 3.03 bits per heavy atom.